The second-order valence-corrected chi connectivity index (χ2v) is 10.2. The van der Waals surface area contributed by atoms with E-state index >= 15 is 0 Å². The van der Waals surface area contributed by atoms with E-state index in [2.05, 4.69) is 15.1 Å². The van der Waals surface area contributed by atoms with E-state index in [4.69, 9.17) is 4.74 Å². The van der Waals surface area contributed by atoms with Crippen LogP contribution in [0.4, 0.5) is 18.9 Å². The molecule has 1 aromatic carbocycles. The number of anilines is 1. The van der Waals surface area contributed by atoms with Crippen molar-refractivity contribution in [2.75, 3.05) is 83.4 Å². The van der Waals surface area contributed by atoms with Crippen molar-refractivity contribution >= 4 is 17.5 Å². The van der Waals surface area contributed by atoms with E-state index in [-0.39, 0.29) is 31.1 Å². The quantitative estimate of drug-likeness (QED) is 0.562. The maximum Gasteiger partial charge on any atom is 0.405 e. The predicted molar refractivity (Wildman–Crippen MR) is 138 cm³/mol. The summed E-state index contributed by atoms with van der Waals surface area (Å²) in [5, 5.41) is 2.55. The summed E-state index contributed by atoms with van der Waals surface area (Å²) < 4.78 is 46.0. The number of carbonyl (C=O) groups excluding carboxylic acids is 2. The highest BCUT2D eigenvalue weighted by molar-refractivity contribution is 5.73. The van der Waals surface area contributed by atoms with Gasteiger partial charge >= 0.3 is 6.18 Å². The highest BCUT2D eigenvalue weighted by Crippen LogP contribution is 2.27. The van der Waals surface area contributed by atoms with Crippen LogP contribution in [0.2, 0.25) is 0 Å². The number of carbonyl (C=O) groups is 2. The third-order valence-corrected chi connectivity index (χ3v) is 7.72. The van der Waals surface area contributed by atoms with Gasteiger partial charge in [-0.05, 0) is 24.3 Å². The fourth-order valence-electron chi connectivity index (χ4n) is 5.32. The summed E-state index contributed by atoms with van der Waals surface area (Å²) in [6.45, 7) is 10.5. The first-order valence-electron chi connectivity index (χ1n) is 13.4. The van der Waals surface area contributed by atoms with Crippen LogP contribution >= 0.6 is 0 Å². The van der Waals surface area contributed by atoms with Crippen LogP contribution in [-0.2, 0) is 9.59 Å². The van der Waals surface area contributed by atoms with Crippen LogP contribution in [0.3, 0.4) is 0 Å². The normalized spacial score (nSPS) is 22.9. The van der Waals surface area contributed by atoms with Gasteiger partial charge in [0.05, 0.1) is 0 Å². The molecule has 1 aromatic rings. The molecule has 4 rings (SSSR count). The third-order valence-electron chi connectivity index (χ3n) is 7.72. The molecule has 38 heavy (non-hydrogen) atoms. The number of halogens is 3. The first kappa shape index (κ1) is 28.4. The summed E-state index contributed by atoms with van der Waals surface area (Å²) in [5.74, 6) is 0.839. The summed E-state index contributed by atoms with van der Waals surface area (Å²) >= 11 is 0. The molecule has 3 saturated heterocycles. The Morgan fingerprint density at radius 3 is 2.05 bits per heavy atom. The molecule has 9 nitrogen and oxygen atoms in total. The lowest BCUT2D eigenvalue weighted by atomic mass is 10.1. The molecule has 3 aliphatic rings. The molecular weight excluding hydrogens is 501 g/mol. The minimum Gasteiger partial charge on any atom is -0.475 e. The van der Waals surface area contributed by atoms with Crippen LogP contribution < -0.4 is 15.0 Å². The zero-order valence-electron chi connectivity index (χ0n) is 22.3. The Bertz CT molecular complexity index is 931. The highest BCUT2D eigenvalue weighted by Gasteiger charge is 2.42. The number of hydrogen-bond acceptors (Lipinski definition) is 7. The van der Waals surface area contributed by atoms with Gasteiger partial charge in [-0.3, -0.25) is 19.4 Å². The maximum absolute atomic E-state index is 13.2. The second kappa shape index (κ2) is 12.5. The zero-order chi connectivity index (χ0) is 27.3. The van der Waals surface area contributed by atoms with E-state index in [1.54, 1.807) is 18.7 Å². The van der Waals surface area contributed by atoms with Gasteiger partial charge in [0.2, 0.25) is 11.8 Å². The molecule has 212 valence electrons. The number of piperazine rings is 3. The van der Waals surface area contributed by atoms with E-state index in [1.807, 2.05) is 34.1 Å². The van der Waals surface area contributed by atoms with Gasteiger partial charge < -0.3 is 24.8 Å². The smallest absolute Gasteiger partial charge is 0.405 e. The molecule has 0 saturated carbocycles. The van der Waals surface area contributed by atoms with Gasteiger partial charge in [-0.25, -0.2) is 0 Å². The standard InChI is InChI=1S/C26H39F3N6O3/c1-20(36)32-13-11-31(12-14-32)9-7-25(34-17-15-33(16-18-34)21(2)37)38-23-5-3-22(4-6-23)35-10-8-30-24(19-35)26(27,28)29/h3-6,24-25,30H,7-19H2,1-2H3. The highest BCUT2D eigenvalue weighted by atomic mass is 19.4. The minimum absolute atomic E-state index is 0.0710. The SMILES string of the molecule is CC(=O)N1CCN(CCC(Oc2ccc(N3CCNC(C(F)(F)F)C3)cc2)N2CCN(C(C)=O)CC2)CC1. The minimum atomic E-state index is -4.28. The monoisotopic (exact) mass is 540 g/mol. The van der Waals surface area contributed by atoms with Crippen molar-refractivity contribution in [1.29, 1.82) is 0 Å². The van der Waals surface area contributed by atoms with Crippen molar-refractivity contribution in [1.82, 2.24) is 24.9 Å². The molecule has 0 aromatic heterocycles. The van der Waals surface area contributed by atoms with Crippen LogP contribution in [0.1, 0.15) is 20.3 Å². The van der Waals surface area contributed by atoms with Gasteiger partial charge in [0.1, 0.15) is 11.8 Å². The summed E-state index contributed by atoms with van der Waals surface area (Å²) in [6, 6.07) is 5.75. The van der Waals surface area contributed by atoms with Crippen molar-refractivity contribution in [3.8, 4) is 5.75 Å². The average Bonchev–Trinajstić information content (AvgIpc) is 2.91. The van der Waals surface area contributed by atoms with Crippen molar-refractivity contribution in [2.24, 2.45) is 0 Å². The van der Waals surface area contributed by atoms with Gasteiger partial charge in [0.15, 0.2) is 6.23 Å². The predicted octanol–water partition coefficient (Wildman–Crippen LogP) is 1.45. The van der Waals surface area contributed by atoms with Gasteiger partial charge in [0.25, 0.3) is 0 Å². The first-order valence-corrected chi connectivity index (χ1v) is 13.4. The van der Waals surface area contributed by atoms with E-state index in [9.17, 15) is 22.8 Å². The summed E-state index contributed by atoms with van der Waals surface area (Å²) in [6.07, 6.45) is -3.72. The molecule has 0 aliphatic carbocycles. The van der Waals surface area contributed by atoms with Crippen molar-refractivity contribution in [3.05, 3.63) is 24.3 Å². The van der Waals surface area contributed by atoms with Gasteiger partial charge in [-0.15, -0.1) is 0 Å². The number of amides is 2. The number of alkyl halides is 3. The summed E-state index contributed by atoms with van der Waals surface area (Å²) in [5.41, 5.74) is 0.739. The Kier molecular flexibility index (Phi) is 9.37. The Hall–Kier alpha value is -2.57. The van der Waals surface area contributed by atoms with Crippen LogP contribution in [-0.4, -0.2) is 128 Å². The lowest BCUT2D eigenvalue weighted by molar-refractivity contribution is -0.155. The molecule has 1 N–H and O–H groups in total. The Labute approximate surface area is 222 Å². The lowest BCUT2D eigenvalue weighted by Gasteiger charge is -2.40. The molecule has 3 fully saturated rings. The molecule has 2 amide bonds. The number of benzene rings is 1. The average molecular weight is 541 g/mol. The summed E-state index contributed by atoms with van der Waals surface area (Å²) in [4.78, 5) is 33.5. The van der Waals surface area contributed by atoms with Crippen LogP contribution in [0.25, 0.3) is 0 Å². The molecule has 2 atom stereocenters. The molecule has 3 heterocycles. The number of nitrogens with zero attached hydrogens (tertiary/aromatic N) is 5. The second-order valence-electron chi connectivity index (χ2n) is 10.2. The van der Waals surface area contributed by atoms with Crippen molar-refractivity contribution in [3.63, 3.8) is 0 Å². The topological polar surface area (TPSA) is 71.6 Å². The van der Waals surface area contributed by atoms with Gasteiger partial charge in [-0.2, -0.15) is 13.2 Å². The lowest BCUT2D eigenvalue weighted by Crippen LogP contribution is -2.57. The van der Waals surface area contributed by atoms with Gasteiger partial charge in [0, 0.05) is 104 Å². The molecule has 2 unspecified atom stereocenters. The van der Waals surface area contributed by atoms with E-state index < -0.39 is 12.2 Å². The van der Waals surface area contributed by atoms with Crippen molar-refractivity contribution in [2.45, 2.75) is 38.7 Å². The largest absolute Gasteiger partial charge is 0.475 e. The zero-order valence-corrected chi connectivity index (χ0v) is 22.3. The van der Waals surface area contributed by atoms with Crippen LogP contribution in [0.15, 0.2) is 24.3 Å². The molecular formula is C26H39F3N6O3. The Balaban J connectivity index is 1.37. The van der Waals surface area contributed by atoms with E-state index in [0.29, 0.717) is 38.5 Å². The molecule has 12 heteroatoms. The number of rotatable bonds is 7. The van der Waals surface area contributed by atoms with E-state index in [1.165, 1.54) is 0 Å². The van der Waals surface area contributed by atoms with Crippen LogP contribution in [0, 0.1) is 0 Å². The number of nitrogens with one attached hydrogen (secondary N) is 1. The Morgan fingerprint density at radius 1 is 0.921 bits per heavy atom. The van der Waals surface area contributed by atoms with Crippen LogP contribution in [0.5, 0.6) is 5.75 Å². The Morgan fingerprint density at radius 2 is 1.50 bits per heavy atom. The van der Waals surface area contributed by atoms with Crippen molar-refractivity contribution < 1.29 is 27.5 Å². The molecule has 0 spiro atoms. The summed E-state index contributed by atoms with van der Waals surface area (Å²) in [7, 11) is 0. The molecule has 0 bridgehead atoms. The first-order chi connectivity index (χ1) is 18.1. The van der Waals surface area contributed by atoms with Gasteiger partial charge in [-0.1, -0.05) is 0 Å². The maximum atomic E-state index is 13.2. The number of ether oxygens (including phenoxy) is 1. The fraction of sp³-hybridized carbons (Fsp3) is 0.692. The third kappa shape index (κ3) is 7.51. The fourth-order valence-corrected chi connectivity index (χ4v) is 5.32. The molecule has 3 aliphatic heterocycles. The molecule has 0 radical (unpaired) electrons. The number of hydrogen-bond donors (Lipinski definition) is 1. The van der Waals surface area contributed by atoms with E-state index in [0.717, 1.165) is 44.8 Å².